The number of fused-ring (bicyclic) bond motifs is 1. The number of carbonyl (C=O) groups is 1. The molecular formula is C31H24F2N4O. The van der Waals surface area contributed by atoms with Crippen molar-refractivity contribution < 1.29 is 13.6 Å². The number of hydrogen-bond acceptors (Lipinski definition) is 5. The van der Waals surface area contributed by atoms with Crippen molar-refractivity contribution in [1.82, 2.24) is 15.0 Å². The molecule has 0 aliphatic heterocycles. The molecule has 0 bridgehead atoms. The van der Waals surface area contributed by atoms with E-state index in [1.54, 1.807) is 50.4 Å². The maximum Gasteiger partial charge on any atom is 0.167 e. The quantitative estimate of drug-likeness (QED) is 0.279. The zero-order valence-electron chi connectivity index (χ0n) is 21.0. The van der Waals surface area contributed by atoms with Crippen LogP contribution >= 0.6 is 0 Å². The summed E-state index contributed by atoms with van der Waals surface area (Å²) in [4.78, 5) is 26.3. The maximum absolute atomic E-state index is 15.7. The number of hydrogen-bond donors (Lipinski definition) is 0. The molecule has 0 radical (unpaired) electrons. The molecule has 1 aliphatic rings. The van der Waals surface area contributed by atoms with Gasteiger partial charge in [0.15, 0.2) is 5.78 Å². The largest absolute Gasteiger partial charge is 0.294 e. The van der Waals surface area contributed by atoms with E-state index in [4.69, 9.17) is 0 Å². The van der Waals surface area contributed by atoms with Gasteiger partial charge in [-0.3, -0.25) is 9.78 Å². The standard InChI is InChI=1S/C31H24F2N4O/c1-31(2,17-34)21-7-3-6-19(14-21)28(38)16-24-25(32)12-11-20(29(24)33)15-27-23(9-5-13-35-27)30-22-8-4-10-26(22)36-18-37-30/h3-9,11-14,18H,10,15-16H2,1-2H3. The summed E-state index contributed by atoms with van der Waals surface area (Å²) in [5, 5.41) is 9.43. The van der Waals surface area contributed by atoms with E-state index in [1.807, 2.05) is 18.2 Å². The molecule has 0 saturated carbocycles. The molecule has 1 aliphatic carbocycles. The van der Waals surface area contributed by atoms with Crippen molar-refractivity contribution in [2.24, 2.45) is 0 Å². The lowest BCUT2D eigenvalue weighted by Crippen LogP contribution is -2.15. The fraction of sp³-hybridized carbons (Fsp3) is 0.194. The van der Waals surface area contributed by atoms with Crippen molar-refractivity contribution in [3.8, 4) is 17.3 Å². The van der Waals surface area contributed by atoms with Crippen LogP contribution in [0.2, 0.25) is 0 Å². The fourth-order valence-electron chi connectivity index (χ4n) is 4.60. The van der Waals surface area contributed by atoms with E-state index in [0.717, 1.165) is 23.2 Å². The number of Topliss-reactive ketones (excluding diaryl/α,β-unsaturated/α-hetero) is 1. The number of ketones is 1. The summed E-state index contributed by atoms with van der Waals surface area (Å²) in [6.45, 7) is 3.49. The van der Waals surface area contributed by atoms with Crippen molar-refractivity contribution in [2.75, 3.05) is 0 Å². The second-order valence-electron chi connectivity index (χ2n) is 9.78. The summed E-state index contributed by atoms with van der Waals surface area (Å²) in [6.07, 6.45) is 7.49. The molecule has 5 nitrogen and oxygen atoms in total. The van der Waals surface area contributed by atoms with Gasteiger partial charge in [0.2, 0.25) is 0 Å². The Bertz CT molecular complexity index is 1640. The summed E-state index contributed by atoms with van der Waals surface area (Å²) < 4.78 is 30.5. The monoisotopic (exact) mass is 506 g/mol. The summed E-state index contributed by atoms with van der Waals surface area (Å²) in [5.41, 5.74) is 3.98. The van der Waals surface area contributed by atoms with E-state index >= 15 is 4.39 Å². The molecule has 7 heteroatoms. The van der Waals surface area contributed by atoms with Crippen molar-refractivity contribution in [2.45, 2.75) is 38.5 Å². The predicted octanol–water partition coefficient (Wildman–Crippen LogP) is 6.20. The van der Waals surface area contributed by atoms with E-state index in [0.29, 0.717) is 22.5 Å². The van der Waals surface area contributed by atoms with Crippen molar-refractivity contribution in [1.29, 1.82) is 5.26 Å². The number of pyridine rings is 1. The number of nitrogens with zero attached hydrogens (tertiary/aromatic N) is 4. The Labute approximate surface area is 219 Å². The van der Waals surface area contributed by atoms with Gasteiger partial charge in [0.25, 0.3) is 0 Å². The first-order chi connectivity index (χ1) is 18.3. The molecule has 0 saturated heterocycles. The molecule has 2 aromatic carbocycles. The Morgan fingerprint density at radius 3 is 2.74 bits per heavy atom. The van der Waals surface area contributed by atoms with Crippen LogP contribution in [0.25, 0.3) is 17.3 Å². The van der Waals surface area contributed by atoms with Gasteiger partial charge in [0.05, 0.1) is 28.6 Å². The molecule has 0 amide bonds. The number of nitriles is 1. The number of benzene rings is 2. The average Bonchev–Trinajstić information content (AvgIpc) is 3.42. The minimum atomic E-state index is -0.799. The zero-order valence-corrected chi connectivity index (χ0v) is 21.0. The van der Waals surface area contributed by atoms with Gasteiger partial charge in [-0.1, -0.05) is 36.4 Å². The van der Waals surface area contributed by atoms with Crippen LogP contribution in [0.15, 0.2) is 67.1 Å². The Balaban J connectivity index is 1.46. The summed E-state index contributed by atoms with van der Waals surface area (Å²) >= 11 is 0. The van der Waals surface area contributed by atoms with Gasteiger partial charge in [0, 0.05) is 47.7 Å². The molecule has 188 valence electrons. The van der Waals surface area contributed by atoms with Crippen molar-refractivity contribution in [3.05, 3.63) is 118 Å². The van der Waals surface area contributed by atoms with Crippen molar-refractivity contribution >= 4 is 11.9 Å². The van der Waals surface area contributed by atoms with Gasteiger partial charge >= 0.3 is 0 Å². The predicted molar refractivity (Wildman–Crippen MR) is 140 cm³/mol. The normalized spacial score (nSPS) is 12.3. The van der Waals surface area contributed by atoms with Gasteiger partial charge in [-0.05, 0) is 49.2 Å². The molecule has 2 aromatic heterocycles. The lowest BCUT2D eigenvalue weighted by Gasteiger charge is -2.16. The van der Waals surface area contributed by atoms with E-state index in [2.05, 4.69) is 21.0 Å². The summed E-state index contributed by atoms with van der Waals surface area (Å²) in [5.74, 6) is -1.98. The number of allylic oxidation sites excluding steroid dienone is 1. The second kappa shape index (κ2) is 10.1. The minimum Gasteiger partial charge on any atom is -0.294 e. The Morgan fingerprint density at radius 2 is 1.92 bits per heavy atom. The molecule has 38 heavy (non-hydrogen) atoms. The molecule has 0 spiro atoms. The third-order valence-corrected chi connectivity index (χ3v) is 6.85. The highest BCUT2D eigenvalue weighted by atomic mass is 19.1. The minimum absolute atomic E-state index is 0.0951. The second-order valence-corrected chi connectivity index (χ2v) is 9.78. The number of aromatic nitrogens is 3. The van der Waals surface area contributed by atoms with Gasteiger partial charge in [-0.25, -0.2) is 18.7 Å². The van der Waals surface area contributed by atoms with Crippen LogP contribution in [0.4, 0.5) is 8.78 Å². The number of carbonyl (C=O) groups excluding carboxylic acids is 1. The van der Waals surface area contributed by atoms with Gasteiger partial charge in [0.1, 0.15) is 18.0 Å². The molecule has 0 unspecified atom stereocenters. The van der Waals surface area contributed by atoms with Gasteiger partial charge < -0.3 is 0 Å². The third kappa shape index (κ3) is 4.73. The van der Waals surface area contributed by atoms with Crippen LogP contribution in [0, 0.1) is 23.0 Å². The van der Waals surface area contributed by atoms with Crippen LogP contribution in [-0.2, 0) is 24.7 Å². The molecule has 0 N–H and O–H groups in total. The maximum atomic E-state index is 15.7. The Morgan fingerprint density at radius 1 is 1.08 bits per heavy atom. The van der Waals surface area contributed by atoms with Crippen LogP contribution in [0.5, 0.6) is 0 Å². The van der Waals surface area contributed by atoms with Gasteiger partial charge in [-0.15, -0.1) is 0 Å². The molecule has 2 heterocycles. The highest BCUT2D eigenvalue weighted by Gasteiger charge is 2.23. The Hall–Kier alpha value is -4.57. The summed E-state index contributed by atoms with van der Waals surface area (Å²) in [7, 11) is 0. The van der Waals surface area contributed by atoms with Crippen molar-refractivity contribution in [3.63, 3.8) is 0 Å². The first kappa shape index (κ1) is 25.1. The Kier molecular flexibility index (Phi) is 6.64. The zero-order chi connectivity index (χ0) is 26.9. The highest BCUT2D eigenvalue weighted by Crippen LogP contribution is 2.31. The van der Waals surface area contributed by atoms with E-state index in [1.165, 1.54) is 18.5 Å². The molecular weight excluding hydrogens is 482 g/mol. The lowest BCUT2D eigenvalue weighted by atomic mass is 9.85. The SMILES string of the molecule is CC(C)(C#N)c1cccc(C(=O)Cc2c(F)ccc(Cc3ncccc3-c3ncnc4c3C=CC4)c2F)c1. The van der Waals surface area contributed by atoms with Gasteiger partial charge in [-0.2, -0.15) is 5.26 Å². The van der Waals surface area contributed by atoms with Crippen LogP contribution in [0.3, 0.4) is 0 Å². The summed E-state index contributed by atoms with van der Waals surface area (Å²) in [6, 6.07) is 15.1. The molecule has 0 atom stereocenters. The van der Waals surface area contributed by atoms with E-state index < -0.39 is 29.3 Å². The topological polar surface area (TPSA) is 79.5 Å². The number of rotatable bonds is 7. The molecule has 5 rings (SSSR count). The first-order valence-corrected chi connectivity index (χ1v) is 12.2. The van der Waals surface area contributed by atoms with Crippen LogP contribution in [-0.4, -0.2) is 20.7 Å². The number of halogens is 2. The van der Waals surface area contributed by atoms with Crippen LogP contribution < -0.4 is 0 Å². The van der Waals surface area contributed by atoms with E-state index in [-0.39, 0.29) is 17.5 Å². The third-order valence-electron chi connectivity index (χ3n) is 6.85. The smallest absolute Gasteiger partial charge is 0.167 e. The highest BCUT2D eigenvalue weighted by molar-refractivity contribution is 5.97. The van der Waals surface area contributed by atoms with E-state index in [9.17, 15) is 14.4 Å². The lowest BCUT2D eigenvalue weighted by molar-refractivity contribution is 0.0990. The molecule has 4 aromatic rings. The average molecular weight is 507 g/mol. The fourth-order valence-corrected chi connectivity index (χ4v) is 4.60. The van der Waals surface area contributed by atoms with Crippen LogP contribution in [0.1, 0.15) is 57.8 Å². The first-order valence-electron chi connectivity index (χ1n) is 12.2. The molecule has 0 fully saturated rings.